The first-order valence-electron chi connectivity index (χ1n) is 7.23. The topological polar surface area (TPSA) is 76.4 Å². The van der Waals surface area contributed by atoms with Crippen LogP contribution in [-0.4, -0.2) is 18.3 Å². The number of carbonyl (C=O) groups excluding carboxylic acids is 1. The van der Waals surface area contributed by atoms with Gasteiger partial charge in [-0.15, -0.1) is 0 Å². The predicted octanol–water partition coefficient (Wildman–Crippen LogP) is 2.94. The van der Waals surface area contributed by atoms with Crippen LogP contribution >= 0.6 is 0 Å². The Morgan fingerprint density at radius 2 is 2.09 bits per heavy atom. The van der Waals surface area contributed by atoms with Gasteiger partial charge < -0.3 is 19.9 Å². The van der Waals surface area contributed by atoms with Crippen LogP contribution in [0.3, 0.4) is 0 Å². The largest absolute Gasteiger partial charge is 0.497 e. The fraction of sp³-hybridized carbons (Fsp3) is 0.375. The number of benzene rings is 1. The molecule has 1 heterocycles. The normalized spacial score (nSPS) is 11.8. The van der Waals surface area contributed by atoms with Gasteiger partial charge in [-0.3, -0.25) is 0 Å². The third-order valence-electron chi connectivity index (χ3n) is 3.34. The lowest BCUT2D eigenvalue weighted by Gasteiger charge is -2.18. The molecule has 0 aliphatic heterocycles. The Morgan fingerprint density at radius 3 is 2.64 bits per heavy atom. The molecule has 1 atom stereocenters. The minimum atomic E-state index is -0.233. The van der Waals surface area contributed by atoms with Gasteiger partial charge in [-0.05, 0) is 31.0 Å². The van der Waals surface area contributed by atoms with Gasteiger partial charge in [-0.2, -0.15) is 0 Å². The molecule has 0 bridgehead atoms. The van der Waals surface area contributed by atoms with Crippen molar-refractivity contribution in [2.75, 3.05) is 7.11 Å². The first-order valence-corrected chi connectivity index (χ1v) is 7.23. The van der Waals surface area contributed by atoms with Crippen LogP contribution in [0.5, 0.6) is 5.75 Å². The first-order chi connectivity index (χ1) is 10.6. The number of nitrogens with zero attached hydrogens (tertiary/aromatic N) is 1. The average molecular weight is 303 g/mol. The summed E-state index contributed by atoms with van der Waals surface area (Å²) in [6.45, 7) is 4.17. The van der Waals surface area contributed by atoms with E-state index in [1.54, 1.807) is 13.2 Å². The molecule has 0 saturated heterocycles. The fourth-order valence-electron chi connectivity index (χ4n) is 2.14. The average Bonchev–Trinajstić information content (AvgIpc) is 2.96. The molecule has 0 aliphatic rings. The Kier molecular flexibility index (Phi) is 5.41. The molecule has 0 fully saturated rings. The molecule has 22 heavy (non-hydrogen) atoms. The van der Waals surface area contributed by atoms with Gasteiger partial charge in [0.2, 0.25) is 0 Å². The number of rotatable bonds is 6. The Morgan fingerprint density at radius 1 is 1.36 bits per heavy atom. The molecule has 6 heteroatoms. The second kappa shape index (κ2) is 7.49. The van der Waals surface area contributed by atoms with Crippen LogP contribution in [0.25, 0.3) is 0 Å². The fourth-order valence-corrected chi connectivity index (χ4v) is 2.14. The second-order valence-corrected chi connectivity index (χ2v) is 4.99. The van der Waals surface area contributed by atoms with E-state index in [0.717, 1.165) is 23.5 Å². The summed E-state index contributed by atoms with van der Waals surface area (Å²) in [5, 5.41) is 9.55. The molecule has 2 amide bonds. The standard InChI is InChI=1S/C16H21N3O3/c1-4-15(12-5-7-14(21-3)8-6-12)18-16(20)17-10-13-9-11(2)22-19-13/h5-9,15H,4,10H2,1-3H3,(H2,17,18,20). The third-order valence-corrected chi connectivity index (χ3v) is 3.34. The Hall–Kier alpha value is -2.50. The molecule has 1 aromatic heterocycles. The number of amides is 2. The summed E-state index contributed by atoms with van der Waals surface area (Å²) in [5.74, 6) is 1.52. The van der Waals surface area contributed by atoms with Gasteiger partial charge in [0, 0.05) is 6.07 Å². The van der Waals surface area contributed by atoms with Gasteiger partial charge in [0.05, 0.1) is 19.7 Å². The lowest BCUT2D eigenvalue weighted by atomic mass is 10.0. The Labute approximate surface area is 129 Å². The van der Waals surface area contributed by atoms with Crippen LogP contribution in [0.15, 0.2) is 34.9 Å². The van der Waals surface area contributed by atoms with Crippen molar-refractivity contribution in [2.24, 2.45) is 0 Å². The molecule has 0 aliphatic carbocycles. The zero-order valence-electron chi connectivity index (χ0n) is 13.1. The highest BCUT2D eigenvalue weighted by molar-refractivity contribution is 5.74. The van der Waals surface area contributed by atoms with Gasteiger partial charge in [0.15, 0.2) is 0 Å². The van der Waals surface area contributed by atoms with Crippen molar-refractivity contribution in [3.63, 3.8) is 0 Å². The molecule has 118 valence electrons. The number of aromatic nitrogens is 1. The predicted molar refractivity (Wildman–Crippen MR) is 82.6 cm³/mol. The van der Waals surface area contributed by atoms with E-state index in [9.17, 15) is 4.79 Å². The Balaban J connectivity index is 1.89. The number of aryl methyl sites for hydroxylation is 1. The summed E-state index contributed by atoms with van der Waals surface area (Å²) >= 11 is 0. The number of hydrogen-bond acceptors (Lipinski definition) is 4. The van der Waals surface area contributed by atoms with E-state index in [-0.39, 0.29) is 12.1 Å². The molecule has 2 rings (SSSR count). The van der Waals surface area contributed by atoms with Crippen molar-refractivity contribution in [3.05, 3.63) is 47.3 Å². The van der Waals surface area contributed by atoms with Crippen molar-refractivity contribution < 1.29 is 14.1 Å². The van der Waals surface area contributed by atoms with E-state index < -0.39 is 0 Å². The highest BCUT2D eigenvalue weighted by Gasteiger charge is 2.13. The molecule has 0 saturated carbocycles. The van der Waals surface area contributed by atoms with Crippen LogP contribution in [-0.2, 0) is 6.54 Å². The molecule has 1 aromatic carbocycles. The summed E-state index contributed by atoms with van der Waals surface area (Å²) in [4.78, 5) is 12.0. The summed E-state index contributed by atoms with van der Waals surface area (Å²) in [5.41, 5.74) is 1.74. The highest BCUT2D eigenvalue weighted by atomic mass is 16.5. The molecule has 2 aromatic rings. The SMILES string of the molecule is CCC(NC(=O)NCc1cc(C)on1)c1ccc(OC)cc1. The molecule has 6 nitrogen and oxygen atoms in total. The summed E-state index contributed by atoms with van der Waals surface area (Å²) in [6, 6.07) is 9.18. The van der Waals surface area contributed by atoms with Crippen LogP contribution in [0.2, 0.25) is 0 Å². The number of methoxy groups -OCH3 is 1. The highest BCUT2D eigenvalue weighted by Crippen LogP contribution is 2.19. The third kappa shape index (κ3) is 4.25. The van der Waals surface area contributed by atoms with Crippen LogP contribution in [0.4, 0.5) is 4.79 Å². The number of urea groups is 1. The van der Waals surface area contributed by atoms with Crippen molar-refractivity contribution in [1.82, 2.24) is 15.8 Å². The van der Waals surface area contributed by atoms with Crippen molar-refractivity contribution in [1.29, 1.82) is 0 Å². The Bertz CT molecular complexity index is 607. The number of hydrogen-bond donors (Lipinski definition) is 2. The van der Waals surface area contributed by atoms with Crippen LogP contribution in [0, 0.1) is 6.92 Å². The van der Waals surface area contributed by atoms with Gasteiger partial charge in [0.1, 0.15) is 17.2 Å². The van der Waals surface area contributed by atoms with E-state index in [1.165, 1.54) is 0 Å². The van der Waals surface area contributed by atoms with Crippen LogP contribution in [0.1, 0.15) is 36.4 Å². The first kappa shape index (κ1) is 15.9. The number of ether oxygens (including phenoxy) is 1. The zero-order chi connectivity index (χ0) is 15.9. The number of nitrogens with one attached hydrogen (secondary N) is 2. The smallest absolute Gasteiger partial charge is 0.315 e. The summed E-state index contributed by atoms with van der Waals surface area (Å²) in [6.07, 6.45) is 0.794. The van der Waals surface area contributed by atoms with Crippen molar-refractivity contribution in [3.8, 4) is 5.75 Å². The van der Waals surface area contributed by atoms with Crippen molar-refractivity contribution >= 4 is 6.03 Å². The van der Waals surface area contributed by atoms with Gasteiger partial charge in [-0.1, -0.05) is 24.2 Å². The van der Waals surface area contributed by atoms with Crippen LogP contribution < -0.4 is 15.4 Å². The minimum Gasteiger partial charge on any atom is -0.497 e. The van der Waals surface area contributed by atoms with Gasteiger partial charge in [0.25, 0.3) is 0 Å². The van der Waals surface area contributed by atoms with E-state index in [2.05, 4.69) is 15.8 Å². The maximum absolute atomic E-state index is 12.0. The lowest BCUT2D eigenvalue weighted by molar-refractivity contribution is 0.236. The van der Waals surface area contributed by atoms with E-state index in [0.29, 0.717) is 12.2 Å². The van der Waals surface area contributed by atoms with E-state index >= 15 is 0 Å². The molecule has 2 N–H and O–H groups in total. The minimum absolute atomic E-state index is 0.0510. The summed E-state index contributed by atoms with van der Waals surface area (Å²) < 4.78 is 10.1. The van der Waals surface area contributed by atoms with E-state index in [1.807, 2.05) is 38.1 Å². The monoisotopic (exact) mass is 303 g/mol. The molecular weight excluding hydrogens is 282 g/mol. The molecule has 0 spiro atoms. The van der Waals surface area contributed by atoms with Gasteiger partial charge >= 0.3 is 6.03 Å². The lowest BCUT2D eigenvalue weighted by Crippen LogP contribution is -2.37. The van der Waals surface area contributed by atoms with Gasteiger partial charge in [-0.25, -0.2) is 4.79 Å². The maximum Gasteiger partial charge on any atom is 0.315 e. The summed E-state index contributed by atoms with van der Waals surface area (Å²) in [7, 11) is 1.63. The van der Waals surface area contributed by atoms with E-state index in [4.69, 9.17) is 9.26 Å². The molecule has 0 radical (unpaired) electrons. The second-order valence-electron chi connectivity index (χ2n) is 4.99. The number of carbonyl (C=O) groups is 1. The zero-order valence-corrected chi connectivity index (χ0v) is 13.1. The maximum atomic E-state index is 12.0. The quantitative estimate of drug-likeness (QED) is 0.860. The molecule has 1 unspecified atom stereocenters. The molecular formula is C16H21N3O3. The van der Waals surface area contributed by atoms with Crippen molar-refractivity contribution in [2.45, 2.75) is 32.9 Å².